The van der Waals surface area contributed by atoms with Crippen LogP contribution in [0.5, 0.6) is 5.75 Å². The maximum atomic E-state index is 13.4. The first-order valence-corrected chi connectivity index (χ1v) is 12.5. The molecule has 2 heterocycles. The predicted octanol–water partition coefficient (Wildman–Crippen LogP) is 6.96. The van der Waals surface area contributed by atoms with Gasteiger partial charge >= 0.3 is 0 Å². The lowest BCUT2D eigenvalue weighted by molar-refractivity contribution is 0.415. The summed E-state index contributed by atoms with van der Waals surface area (Å²) in [6, 6.07) is 31.9. The monoisotopic (exact) mass is 505 g/mol. The molecule has 4 aromatic carbocycles. The highest BCUT2D eigenvalue weighted by Gasteiger charge is 2.27. The van der Waals surface area contributed by atoms with Crippen molar-refractivity contribution in [2.45, 2.75) is 12.5 Å². The Morgan fingerprint density at radius 1 is 0.838 bits per heavy atom. The lowest BCUT2D eigenvalue weighted by Crippen LogP contribution is -2.20. The molecule has 1 aliphatic heterocycles. The molecule has 1 aromatic heterocycles. The topological polar surface area (TPSA) is 66.5 Å². The molecule has 0 aliphatic carbocycles. The fraction of sp³-hybridized carbons (Fsp3) is 0.0968. The van der Waals surface area contributed by atoms with E-state index < -0.39 is 0 Å². The van der Waals surface area contributed by atoms with Crippen molar-refractivity contribution in [3.8, 4) is 28.0 Å². The van der Waals surface area contributed by atoms with Gasteiger partial charge in [-0.15, -0.1) is 0 Å². The van der Waals surface area contributed by atoms with Crippen molar-refractivity contribution in [3.05, 3.63) is 124 Å². The lowest BCUT2D eigenvalue weighted by atomic mass is 9.91. The lowest BCUT2D eigenvalue weighted by Gasteiger charge is -2.14. The summed E-state index contributed by atoms with van der Waals surface area (Å²) in [7, 11) is 1.67. The second kappa shape index (κ2) is 9.60. The van der Waals surface area contributed by atoms with Crippen molar-refractivity contribution in [1.29, 1.82) is 0 Å². The number of aromatic nitrogens is 1. The summed E-state index contributed by atoms with van der Waals surface area (Å²) in [5, 5.41) is 6.15. The smallest absolute Gasteiger partial charge is 0.258 e. The molecule has 1 unspecified atom stereocenters. The van der Waals surface area contributed by atoms with E-state index in [-0.39, 0.29) is 11.6 Å². The van der Waals surface area contributed by atoms with Crippen LogP contribution in [0, 0.1) is 0 Å². The van der Waals surface area contributed by atoms with E-state index in [1.165, 1.54) is 0 Å². The van der Waals surface area contributed by atoms with E-state index in [1.54, 1.807) is 13.2 Å². The van der Waals surface area contributed by atoms with Crippen LogP contribution in [0.2, 0.25) is 5.02 Å². The van der Waals surface area contributed by atoms with Crippen molar-refractivity contribution < 1.29 is 4.74 Å². The first kappa shape index (κ1) is 23.1. The van der Waals surface area contributed by atoms with Crippen LogP contribution in [-0.4, -0.2) is 17.8 Å². The summed E-state index contributed by atoms with van der Waals surface area (Å²) in [5.41, 5.74) is 10.3. The zero-order valence-electron chi connectivity index (χ0n) is 20.2. The van der Waals surface area contributed by atoms with Crippen molar-refractivity contribution in [2.24, 2.45) is 5.10 Å². The van der Waals surface area contributed by atoms with E-state index in [2.05, 4.69) is 39.8 Å². The minimum atomic E-state index is -0.162. The van der Waals surface area contributed by atoms with Crippen LogP contribution in [0.4, 0.5) is 0 Å². The Hall–Kier alpha value is -4.35. The van der Waals surface area contributed by atoms with Gasteiger partial charge in [0.25, 0.3) is 5.56 Å². The summed E-state index contributed by atoms with van der Waals surface area (Å²) in [4.78, 5) is 16.4. The van der Waals surface area contributed by atoms with Crippen LogP contribution in [0.3, 0.4) is 0 Å². The molecule has 2 N–H and O–H groups in total. The van der Waals surface area contributed by atoms with Gasteiger partial charge in [0.2, 0.25) is 0 Å². The molecular weight excluding hydrogens is 482 g/mol. The number of benzene rings is 4. The zero-order chi connectivity index (χ0) is 25.4. The number of rotatable bonds is 5. The third-order valence-corrected chi connectivity index (χ3v) is 7.05. The number of pyridine rings is 1. The van der Waals surface area contributed by atoms with Gasteiger partial charge in [-0.3, -0.25) is 4.79 Å². The highest BCUT2D eigenvalue weighted by molar-refractivity contribution is 6.31. The van der Waals surface area contributed by atoms with Crippen molar-refractivity contribution >= 4 is 28.2 Å². The van der Waals surface area contributed by atoms with E-state index in [4.69, 9.17) is 16.3 Å². The largest absolute Gasteiger partial charge is 0.497 e. The number of nitrogens with zero attached hydrogens (tertiary/aromatic N) is 1. The fourth-order valence-corrected chi connectivity index (χ4v) is 5.10. The Morgan fingerprint density at radius 3 is 2.24 bits per heavy atom. The van der Waals surface area contributed by atoms with Gasteiger partial charge in [0.05, 0.1) is 24.4 Å². The van der Waals surface area contributed by atoms with Crippen LogP contribution in [0.1, 0.15) is 23.6 Å². The molecule has 1 aliphatic rings. The molecule has 0 saturated carbocycles. The molecule has 0 radical (unpaired) electrons. The number of halogens is 1. The Morgan fingerprint density at radius 2 is 1.54 bits per heavy atom. The number of methoxy groups -OCH3 is 1. The number of nitrogens with one attached hydrogen (secondary N) is 2. The molecule has 5 aromatic rings. The Kier molecular flexibility index (Phi) is 5.99. The molecule has 0 saturated heterocycles. The molecule has 1 atom stereocenters. The molecule has 0 spiro atoms. The number of H-pyrrole nitrogens is 1. The van der Waals surface area contributed by atoms with E-state index in [1.807, 2.05) is 66.7 Å². The quantitative estimate of drug-likeness (QED) is 0.271. The van der Waals surface area contributed by atoms with E-state index in [9.17, 15) is 4.79 Å². The first-order chi connectivity index (χ1) is 18.1. The third kappa shape index (κ3) is 4.39. The van der Waals surface area contributed by atoms with Gasteiger partial charge in [0.1, 0.15) is 5.75 Å². The SMILES string of the molecule is COc1ccc(-c2ccc(C3CC(c4c(-c5ccccc5)c5cc(Cl)ccc5[nH]c4=O)=NN3)cc2)cc1. The van der Waals surface area contributed by atoms with Gasteiger partial charge in [0.15, 0.2) is 0 Å². The second-order valence-corrected chi connectivity index (χ2v) is 9.49. The van der Waals surface area contributed by atoms with Crippen LogP contribution < -0.4 is 15.7 Å². The highest BCUT2D eigenvalue weighted by Crippen LogP contribution is 2.34. The number of aromatic amines is 1. The molecule has 37 heavy (non-hydrogen) atoms. The summed E-state index contributed by atoms with van der Waals surface area (Å²) in [6.07, 6.45) is 0.594. The second-order valence-electron chi connectivity index (χ2n) is 9.05. The molecule has 0 amide bonds. The summed E-state index contributed by atoms with van der Waals surface area (Å²) >= 11 is 6.36. The van der Waals surface area contributed by atoms with E-state index >= 15 is 0 Å². The van der Waals surface area contributed by atoms with Crippen molar-refractivity contribution in [1.82, 2.24) is 10.4 Å². The van der Waals surface area contributed by atoms with Crippen molar-refractivity contribution in [3.63, 3.8) is 0 Å². The Balaban J connectivity index is 1.34. The van der Waals surface area contributed by atoms with Crippen LogP contribution in [-0.2, 0) is 0 Å². The molecule has 0 bridgehead atoms. The molecule has 0 fully saturated rings. The van der Waals surface area contributed by atoms with Gasteiger partial charge in [-0.1, -0.05) is 78.3 Å². The maximum Gasteiger partial charge on any atom is 0.258 e. The van der Waals surface area contributed by atoms with Gasteiger partial charge in [-0.25, -0.2) is 0 Å². The number of ether oxygens (including phenoxy) is 1. The first-order valence-electron chi connectivity index (χ1n) is 12.1. The van der Waals surface area contributed by atoms with Gasteiger partial charge < -0.3 is 15.1 Å². The Labute approximate surface area is 219 Å². The van der Waals surface area contributed by atoms with E-state index in [0.717, 1.165) is 50.2 Å². The van der Waals surface area contributed by atoms with Gasteiger partial charge in [0, 0.05) is 27.9 Å². The van der Waals surface area contributed by atoms with Gasteiger partial charge in [-0.2, -0.15) is 5.10 Å². The summed E-state index contributed by atoms with van der Waals surface area (Å²) in [6.45, 7) is 0. The standard InChI is InChI=1S/C31H24ClN3O2/c1-37-24-14-11-20(12-15-24)19-7-9-21(10-8-19)27-18-28(35-34-27)30-29(22-5-3-2-4-6-22)25-17-23(32)13-16-26(25)33-31(30)36/h2-17,27,34H,18H2,1H3,(H,33,36). The maximum absolute atomic E-state index is 13.4. The van der Waals surface area contributed by atoms with Crippen LogP contribution in [0.25, 0.3) is 33.2 Å². The number of hydrogen-bond acceptors (Lipinski definition) is 4. The van der Waals surface area contributed by atoms with Crippen LogP contribution >= 0.6 is 11.6 Å². The van der Waals surface area contributed by atoms with Crippen molar-refractivity contribution in [2.75, 3.05) is 7.11 Å². The average molecular weight is 506 g/mol. The molecular formula is C31H24ClN3O2. The summed E-state index contributed by atoms with van der Waals surface area (Å²) < 4.78 is 5.26. The Bertz CT molecular complexity index is 1680. The highest BCUT2D eigenvalue weighted by atomic mass is 35.5. The van der Waals surface area contributed by atoms with E-state index in [0.29, 0.717) is 17.0 Å². The molecule has 6 rings (SSSR count). The summed E-state index contributed by atoms with van der Waals surface area (Å²) in [5.74, 6) is 0.834. The zero-order valence-corrected chi connectivity index (χ0v) is 20.9. The predicted molar refractivity (Wildman–Crippen MR) is 150 cm³/mol. The number of hydrazone groups is 1. The fourth-order valence-electron chi connectivity index (χ4n) is 4.93. The third-order valence-electron chi connectivity index (χ3n) is 6.82. The number of fused-ring (bicyclic) bond motifs is 1. The average Bonchev–Trinajstić information content (AvgIpc) is 3.43. The molecule has 6 heteroatoms. The molecule has 5 nitrogen and oxygen atoms in total. The number of hydrogen-bond donors (Lipinski definition) is 2. The van der Waals surface area contributed by atoms with Crippen LogP contribution in [0.15, 0.2) is 107 Å². The molecule has 182 valence electrons. The normalized spacial score (nSPS) is 14.9. The minimum absolute atomic E-state index is 0.0296. The minimum Gasteiger partial charge on any atom is -0.497 e. The van der Waals surface area contributed by atoms with Gasteiger partial charge in [-0.05, 0) is 52.6 Å².